The van der Waals surface area contributed by atoms with Crippen LogP contribution in [0.25, 0.3) is 0 Å². The Morgan fingerprint density at radius 1 is 1.17 bits per heavy atom. The van der Waals surface area contributed by atoms with E-state index in [-0.39, 0.29) is 29.8 Å². The lowest BCUT2D eigenvalue weighted by Gasteiger charge is -2.33. The topological polar surface area (TPSA) is 57.7 Å². The van der Waals surface area contributed by atoms with E-state index in [1.807, 2.05) is 25.1 Å². The highest BCUT2D eigenvalue weighted by Gasteiger charge is 2.34. The monoisotopic (exact) mass is 438 g/mol. The summed E-state index contributed by atoms with van der Waals surface area (Å²) in [4.78, 5) is 14.4. The van der Waals surface area contributed by atoms with Gasteiger partial charge in [-0.15, -0.1) is 0 Å². The third kappa shape index (κ3) is 4.97. The molecule has 0 radical (unpaired) electrons. The molecule has 156 valence electrons. The number of rotatable bonds is 6. The third-order valence-corrected chi connectivity index (χ3v) is 7.38. The molecule has 3 rings (SSSR count). The third-order valence-electron chi connectivity index (χ3n) is 5.21. The molecule has 2 aromatic rings. The molecule has 5 nitrogen and oxygen atoms in total. The number of benzene rings is 2. The van der Waals surface area contributed by atoms with Crippen molar-refractivity contribution in [2.24, 2.45) is 5.92 Å². The number of hydrogen-bond donors (Lipinski definition) is 0. The smallest absolute Gasteiger partial charge is 0.245 e. The number of amides is 1. The molecule has 1 aliphatic heterocycles. The largest absolute Gasteiger partial charge is 0.338 e. The normalized spacial score (nSPS) is 16.0. The minimum Gasteiger partial charge on any atom is -0.338 e. The lowest BCUT2D eigenvalue weighted by atomic mass is 9.96. The number of piperidine rings is 1. The summed E-state index contributed by atoms with van der Waals surface area (Å²) in [7, 11) is -3.90. The van der Waals surface area contributed by atoms with Crippen molar-refractivity contribution in [1.29, 1.82) is 0 Å². The fraction of sp³-hybridized carbons (Fsp3) is 0.381. The van der Waals surface area contributed by atoms with Gasteiger partial charge < -0.3 is 4.90 Å². The van der Waals surface area contributed by atoms with Gasteiger partial charge >= 0.3 is 0 Å². The maximum atomic E-state index is 14.0. The molecule has 0 spiro atoms. The van der Waals surface area contributed by atoms with E-state index >= 15 is 0 Å². The van der Waals surface area contributed by atoms with Gasteiger partial charge in [0.05, 0.1) is 0 Å². The van der Waals surface area contributed by atoms with Crippen LogP contribution in [0.1, 0.15) is 25.3 Å². The number of sulfonamides is 1. The number of carbonyl (C=O) groups excluding carboxylic acids is 1. The lowest BCUT2D eigenvalue weighted by molar-refractivity contribution is -0.137. The van der Waals surface area contributed by atoms with Crippen molar-refractivity contribution in [3.8, 4) is 0 Å². The molecule has 1 amide bonds. The van der Waals surface area contributed by atoms with Gasteiger partial charge in [0, 0.05) is 37.1 Å². The van der Waals surface area contributed by atoms with Gasteiger partial charge in [0.1, 0.15) is 10.7 Å². The number of halogens is 2. The molecule has 1 aliphatic rings. The summed E-state index contributed by atoms with van der Waals surface area (Å²) in [5, 5.41) is 0.623. The highest BCUT2D eigenvalue weighted by molar-refractivity contribution is 7.89. The fourth-order valence-electron chi connectivity index (χ4n) is 3.60. The number of nitrogens with zero attached hydrogens (tertiary/aromatic N) is 2. The van der Waals surface area contributed by atoms with E-state index < -0.39 is 15.8 Å². The van der Waals surface area contributed by atoms with Crippen LogP contribution in [0.5, 0.6) is 0 Å². The van der Waals surface area contributed by atoms with E-state index in [9.17, 15) is 17.6 Å². The molecule has 8 heteroatoms. The molecule has 0 aromatic heterocycles. The Morgan fingerprint density at radius 3 is 2.48 bits per heavy atom. The molecule has 0 aliphatic carbocycles. The molecule has 29 heavy (non-hydrogen) atoms. The van der Waals surface area contributed by atoms with Crippen LogP contribution in [0.2, 0.25) is 5.02 Å². The van der Waals surface area contributed by atoms with Gasteiger partial charge in [0.15, 0.2) is 0 Å². The molecule has 0 N–H and O–H groups in total. The summed E-state index contributed by atoms with van der Waals surface area (Å²) in [6.45, 7) is 3.33. The van der Waals surface area contributed by atoms with E-state index in [0.717, 1.165) is 11.6 Å². The molecular weight excluding hydrogens is 415 g/mol. The zero-order chi connectivity index (χ0) is 21.0. The van der Waals surface area contributed by atoms with Crippen LogP contribution in [0.15, 0.2) is 53.4 Å². The van der Waals surface area contributed by atoms with Crippen LogP contribution in [-0.2, 0) is 21.4 Å². The highest BCUT2D eigenvalue weighted by atomic mass is 35.5. The van der Waals surface area contributed by atoms with E-state index in [1.165, 1.54) is 22.5 Å². The second-order valence-corrected chi connectivity index (χ2v) is 9.43. The predicted molar refractivity (Wildman–Crippen MR) is 110 cm³/mol. The molecular formula is C21H24ClFN2O3S. The maximum Gasteiger partial charge on any atom is 0.245 e. The van der Waals surface area contributed by atoms with Crippen LogP contribution >= 0.6 is 11.6 Å². The molecule has 0 bridgehead atoms. The first kappa shape index (κ1) is 21.7. The van der Waals surface area contributed by atoms with Gasteiger partial charge in [-0.25, -0.2) is 12.8 Å². The summed E-state index contributed by atoms with van der Waals surface area (Å²) in [5.41, 5.74) is 0.951. The van der Waals surface area contributed by atoms with E-state index in [1.54, 1.807) is 11.0 Å². The van der Waals surface area contributed by atoms with Crippen molar-refractivity contribution >= 4 is 27.5 Å². The Morgan fingerprint density at radius 2 is 1.86 bits per heavy atom. The zero-order valence-corrected chi connectivity index (χ0v) is 17.8. The van der Waals surface area contributed by atoms with Crippen LogP contribution in [0.4, 0.5) is 4.39 Å². The Balaban J connectivity index is 1.65. The Hall–Kier alpha value is -1.96. The Labute approximate surface area is 176 Å². The molecule has 2 aromatic carbocycles. The molecule has 1 heterocycles. The number of hydrogen-bond acceptors (Lipinski definition) is 3. The van der Waals surface area contributed by atoms with Gasteiger partial charge in [-0.3, -0.25) is 4.79 Å². The number of carbonyl (C=O) groups is 1. The molecule has 0 saturated carbocycles. The van der Waals surface area contributed by atoms with Crippen molar-refractivity contribution in [3.05, 3.63) is 64.9 Å². The minimum atomic E-state index is -3.90. The van der Waals surface area contributed by atoms with Gasteiger partial charge in [-0.1, -0.05) is 35.9 Å². The van der Waals surface area contributed by atoms with Crippen molar-refractivity contribution in [3.63, 3.8) is 0 Å². The van der Waals surface area contributed by atoms with Crippen LogP contribution in [0.3, 0.4) is 0 Å². The molecule has 1 fully saturated rings. The second-order valence-electron chi connectivity index (χ2n) is 7.09. The summed E-state index contributed by atoms with van der Waals surface area (Å²) >= 11 is 6.03. The Bertz CT molecular complexity index is 975. The fourth-order valence-corrected chi connectivity index (χ4v) is 5.34. The van der Waals surface area contributed by atoms with Crippen LogP contribution in [0, 0.1) is 11.7 Å². The summed E-state index contributed by atoms with van der Waals surface area (Å²) < 4.78 is 40.7. The first-order valence-corrected chi connectivity index (χ1v) is 11.4. The summed E-state index contributed by atoms with van der Waals surface area (Å²) in [5.74, 6) is -0.999. The van der Waals surface area contributed by atoms with E-state index in [0.29, 0.717) is 31.0 Å². The van der Waals surface area contributed by atoms with E-state index in [4.69, 9.17) is 11.6 Å². The van der Waals surface area contributed by atoms with Gasteiger partial charge in [-0.05, 0) is 49.6 Å². The first-order chi connectivity index (χ1) is 13.8. The first-order valence-electron chi connectivity index (χ1n) is 9.61. The highest BCUT2D eigenvalue weighted by Crippen LogP contribution is 2.27. The van der Waals surface area contributed by atoms with E-state index in [2.05, 4.69) is 0 Å². The molecule has 1 saturated heterocycles. The van der Waals surface area contributed by atoms with Crippen molar-refractivity contribution in [1.82, 2.24) is 9.21 Å². The Kier molecular flexibility index (Phi) is 6.93. The van der Waals surface area contributed by atoms with Crippen molar-refractivity contribution in [2.45, 2.75) is 31.2 Å². The second kappa shape index (κ2) is 9.24. The lowest BCUT2D eigenvalue weighted by Crippen LogP contribution is -2.44. The zero-order valence-electron chi connectivity index (χ0n) is 16.2. The van der Waals surface area contributed by atoms with Crippen molar-refractivity contribution in [2.75, 3.05) is 19.6 Å². The van der Waals surface area contributed by atoms with Gasteiger partial charge in [-0.2, -0.15) is 4.31 Å². The van der Waals surface area contributed by atoms with Crippen LogP contribution < -0.4 is 0 Å². The average molecular weight is 439 g/mol. The van der Waals surface area contributed by atoms with Gasteiger partial charge in [0.2, 0.25) is 15.9 Å². The maximum absolute atomic E-state index is 14.0. The van der Waals surface area contributed by atoms with Crippen LogP contribution in [-0.4, -0.2) is 43.2 Å². The quantitative estimate of drug-likeness (QED) is 0.686. The average Bonchev–Trinajstić information content (AvgIpc) is 2.72. The SMILES string of the molecule is CCN(Cc1cccc(Cl)c1)C(=O)C1CCN(S(=O)(=O)c2ccccc2F)CC1. The summed E-state index contributed by atoms with van der Waals surface area (Å²) in [6.07, 6.45) is 0.830. The standard InChI is InChI=1S/C21H24ClFN2O3S/c1-2-24(15-16-6-5-7-18(22)14-16)21(26)17-10-12-25(13-11-17)29(27,28)20-9-4-3-8-19(20)23/h3-9,14,17H,2,10-13,15H2,1H3. The van der Waals surface area contributed by atoms with Gasteiger partial charge in [0.25, 0.3) is 0 Å². The molecule has 0 atom stereocenters. The molecule has 0 unspecified atom stereocenters. The summed E-state index contributed by atoms with van der Waals surface area (Å²) in [6, 6.07) is 12.8. The predicted octanol–water partition coefficient (Wildman–Crippen LogP) is 3.93. The van der Waals surface area contributed by atoms with Crippen molar-refractivity contribution < 1.29 is 17.6 Å². The minimum absolute atomic E-state index is 0.00964.